The molecule has 5 heteroatoms. The van der Waals surface area contributed by atoms with Crippen LogP contribution in [0.15, 0.2) is 66.7 Å². The van der Waals surface area contributed by atoms with Crippen LogP contribution in [0.4, 0.5) is 0 Å². The fourth-order valence-corrected chi connectivity index (χ4v) is 4.08. The number of amides is 1. The maximum atomic E-state index is 11.7. The molecule has 0 spiro atoms. The number of fused-ring (bicyclic) bond motifs is 2. The van der Waals surface area contributed by atoms with Gasteiger partial charge in [-0.1, -0.05) is 55.5 Å². The van der Waals surface area contributed by atoms with E-state index in [1.54, 1.807) is 0 Å². The Balaban J connectivity index is 1.37. The van der Waals surface area contributed by atoms with Crippen molar-refractivity contribution in [2.75, 3.05) is 13.2 Å². The van der Waals surface area contributed by atoms with E-state index in [0.29, 0.717) is 19.6 Å². The molecule has 0 fully saturated rings. The maximum Gasteiger partial charge on any atom is 0.219 e. The van der Waals surface area contributed by atoms with Gasteiger partial charge >= 0.3 is 0 Å². The van der Waals surface area contributed by atoms with Crippen LogP contribution in [0.3, 0.4) is 0 Å². The first kappa shape index (κ1) is 21.9. The quantitative estimate of drug-likeness (QED) is 0.320. The van der Waals surface area contributed by atoms with Crippen molar-refractivity contribution >= 4 is 27.7 Å². The van der Waals surface area contributed by atoms with Crippen molar-refractivity contribution in [3.8, 4) is 5.75 Å². The van der Waals surface area contributed by atoms with E-state index in [9.17, 15) is 4.79 Å². The number of para-hydroxylation sites is 2. The molecule has 0 radical (unpaired) electrons. The van der Waals surface area contributed by atoms with E-state index < -0.39 is 0 Å². The van der Waals surface area contributed by atoms with Gasteiger partial charge in [0.1, 0.15) is 11.6 Å². The molecule has 4 rings (SSSR count). The number of nitrogens with zero attached hydrogens (tertiary/aromatic N) is 2. The van der Waals surface area contributed by atoms with E-state index in [0.717, 1.165) is 60.2 Å². The first-order valence-electron chi connectivity index (χ1n) is 11.6. The molecule has 0 unspecified atom stereocenters. The molecule has 0 aliphatic carbocycles. The van der Waals surface area contributed by atoms with Gasteiger partial charge in [0.05, 0.1) is 17.6 Å². The molecule has 1 amide bonds. The van der Waals surface area contributed by atoms with Gasteiger partial charge in [-0.2, -0.15) is 0 Å². The van der Waals surface area contributed by atoms with Crippen molar-refractivity contribution in [2.45, 2.75) is 45.6 Å². The van der Waals surface area contributed by atoms with Crippen LogP contribution in [0.25, 0.3) is 21.8 Å². The fraction of sp³-hybridized carbons (Fsp3) is 0.333. The van der Waals surface area contributed by atoms with Crippen LogP contribution in [0.1, 0.15) is 38.4 Å². The van der Waals surface area contributed by atoms with Crippen molar-refractivity contribution in [2.24, 2.45) is 0 Å². The van der Waals surface area contributed by atoms with Gasteiger partial charge in [-0.3, -0.25) is 4.79 Å². The Morgan fingerprint density at radius 2 is 1.81 bits per heavy atom. The topological polar surface area (TPSA) is 56.2 Å². The SMILES string of the molecule is CCCC(=O)NCCCc1nc2ccccc2n1CCCOc1cccc2ccccc12. The minimum atomic E-state index is 0.131. The number of carbonyl (C=O) groups excluding carboxylic acids is 1. The summed E-state index contributed by atoms with van der Waals surface area (Å²) in [6.45, 7) is 4.20. The Kier molecular flexibility index (Phi) is 7.38. The highest BCUT2D eigenvalue weighted by Gasteiger charge is 2.11. The number of carbonyl (C=O) groups is 1. The lowest BCUT2D eigenvalue weighted by molar-refractivity contribution is -0.121. The smallest absolute Gasteiger partial charge is 0.219 e. The number of imidazole rings is 1. The summed E-state index contributed by atoms with van der Waals surface area (Å²) >= 11 is 0. The zero-order valence-electron chi connectivity index (χ0n) is 18.7. The molecule has 3 aromatic carbocycles. The van der Waals surface area contributed by atoms with Crippen molar-refractivity contribution in [1.29, 1.82) is 0 Å². The van der Waals surface area contributed by atoms with Crippen molar-refractivity contribution < 1.29 is 9.53 Å². The molecule has 0 saturated heterocycles. The molecule has 1 N–H and O–H groups in total. The molecule has 32 heavy (non-hydrogen) atoms. The minimum Gasteiger partial charge on any atom is -0.493 e. The molecule has 1 heterocycles. The summed E-state index contributed by atoms with van der Waals surface area (Å²) in [5.74, 6) is 2.13. The van der Waals surface area contributed by atoms with E-state index in [1.807, 2.05) is 37.3 Å². The standard InChI is InChI=1S/C27H31N3O2/c1-2-10-27(31)28-18-8-17-26-29-23-14-5-6-15-24(23)30(26)19-9-20-32-25-16-7-12-21-11-3-4-13-22(21)25/h3-7,11-16H,2,8-10,17-20H2,1H3,(H,28,31). The molecular weight excluding hydrogens is 398 g/mol. The average Bonchev–Trinajstić information content (AvgIpc) is 3.17. The van der Waals surface area contributed by atoms with Gasteiger partial charge in [0, 0.05) is 31.3 Å². The molecular formula is C27H31N3O2. The molecule has 0 aliphatic rings. The summed E-state index contributed by atoms with van der Waals surface area (Å²) in [5, 5.41) is 5.34. The van der Waals surface area contributed by atoms with Crippen molar-refractivity contribution in [1.82, 2.24) is 14.9 Å². The van der Waals surface area contributed by atoms with Crippen molar-refractivity contribution in [3.63, 3.8) is 0 Å². The highest BCUT2D eigenvalue weighted by molar-refractivity contribution is 5.88. The van der Waals surface area contributed by atoms with Gasteiger partial charge in [0.25, 0.3) is 0 Å². The van der Waals surface area contributed by atoms with Crippen LogP contribution >= 0.6 is 0 Å². The Bertz CT molecular complexity index is 1180. The van der Waals surface area contributed by atoms with Crippen molar-refractivity contribution in [3.05, 3.63) is 72.6 Å². The third-order valence-electron chi connectivity index (χ3n) is 5.64. The van der Waals surface area contributed by atoms with Crippen LogP contribution in [-0.4, -0.2) is 28.6 Å². The lowest BCUT2D eigenvalue weighted by Crippen LogP contribution is -2.24. The van der Waals surface area contributed by atoms with Crippen LogP contribution in [0, 0.1) is 0 Å². The molecule has 5 nitrogen and oxygen atoms in total. The monoisotopic (exact) mass is 429 g/mol. The highest BCUT2D eigenvalue weighted by Crippen LogP contribution is 2.25. The molecule has 1 aromatic heterocycles. The Labute approximate surface area is 189 Å². The second-order valence-corrected chi connectivity index (χ2v) is 8.05. The predicted octanol–water partition coefficient (Wildman–Crippen LogP) is 5.51. The van der Waals surface area contributed by atoms with E-state index in [-0.39, 0.29) is 5.91 Å². The summed E-state index contributed by atoms with van der Waals surface area (Å²) in [5.41, 5.74) is 2.18. The Hall–Kier alpha value is -3.34. The van der Waals surface area contributed by atoms with Gasteiger partial charge in [-0.15, -0.1) is 0 Å². The fourth-order valence-electron chi connectivity index (χ4n) is 4.08. The summed E-state index contributed by atoms with van der Waals surface area (Å²) in [6.07, 6.45) is 4.08. The summed E-state index contributed by atoms with van der Waals surface area (Å²) in [4.78, 5) is 16.5. The number of hydrogen-bond donors (Lipinski definition) is 1. The number of hydrogen-bond acceptors (Lipinski definition) is 3. The first-order valence-corrected chi connectivity index (χ1v) is 11.6. The molecule has 0 saturated carbocycles. The summed E-state index contributed by atoms with van der Waals surface area (Å²) in [7, 11) is 0. The highest BCUT2D eigenvalue weighted by atomic mass is 16.5. The minimum absolute atomic E-state index is 0.131. The molecule has 0 bridgehead atoms. The average molecular weight is 430 g/mol. The lowest BCUT2D eigenvalue weighted by Gasteiger charge is -2.12. The normalized spacial score (nSPS) is 11.2. The zero-order chi connectivity index (χ0) is 22.2. The summed E-state index contributed by atoms with van der Waals surface area (Å²) in [6, 6.07) is 22.8. The molecule has 4 aromatic rings. The number of nitrogens with one attached hydrogen (secondary N) is 1. The number of aromatic nitrogens is 2. The molecule has 0 atom stereocenters. The molecule has 166 valence electrons. The number of benzene rings is 3. The number of rotatable bonds is 11. The van der Waals surface area contributed by atoms with Gasteiger partial charge in [0.15, 0.2) is 0 Å². The second kappa shape index (κ2) is 10.8. The summed E-state index contributed by atoms with van der Waals surface area (Å²) < 4.78 is 8.44. The van der Waals surface area contributed by atoms with Gasteiger partial charge < -0.3 is 14.6 Å². The van der Waals surface area contributed by atoms with Gasteiger partial charge in [0.2, 0.25) is 5.91 Å². The van der Waals surface area contributed by atoms with Crippen LogP contribution in [-0.2, 0) is 17.8 Å². The third kappa shape index (κ3) is 5.28. The first-order chi connectivity index (χ1) is 15.8. The number of aryl methyl sites for hydroxylation is 2. The van der Waals surface area contributed by atoms with E-state index >= 15 is 0 Å². The lowest BCUT2D eigenvalue weighted by atomic mass is 10.1. The predicted molar refractivity (Wildman–Crippen MR) is 130 cm³/mol. The second-order valence-electron chi connectivity index (χ2n) is 8.05. The van der Waals surface area contributed by atoms with Crippen LogP contribution in [0.5, 0.6) is 5.75 Å². The maximum absolute atomic E-state index is 11.7. The zero-order valence-corrected chi connectivity index (χ0v) is 18.7. The van der Waals surface area contributed by atoms with Crippen LogP contribution in [0.2, 0.25) is 0 Å². The third-order valence-corrected chi connectivity index (χ3v) is 5.64. The largest absolute Gasteiger partial charge is 0.493 e. The molecule has 0 aliphatic heterocycles. The van der Waals surface area contributed by atoms with Gasteiger partial charge in [-0.25, -0.2) is 4.98 Å². The van der Waals surface area contributed by atoms with E-state index in [4.69, 9.17) is 9.72 Å². The van der Waals surface area contributed by atoms with Crippen LogP contribution < -0.4 is 10.1 Å². The van der Waals surface area contributed by atoms with Gasteiger partial charge in [-0.05, 0) is 42.8 Å². The number of ether oxygens (including phenoxy) is 1. The van der Waals surface area contributed by atoms with E-state index in [1.165, 1.54) is 5.39 Å². The Morgan fingerprint density at radius 3 is 2.72 bits per heavy atom. The van der Waals surface area contributed by atoms with E-state index in [2.05, 4.69) is 46.3 Å². The Morgan fingerprint density at radius 1 is 1.00 bits per heavy atom.